The van der Waals surface area contributed by atoms with Gasteiger partial charge in [0.1, 0.15) is 7.05 Å². The Bertz CT molecular complexity index is 1000. The van der Waals surface area contributed by atoms with Crippen LogP contribution in [0.3, 0.4) is 0 Å². The molecular weight excluding hydrogens is 593 g/mol. The third kappa shape index (κ3) is 5.50. The van der Waals surface area contributed by atoms with E-state index < -0.39 is 23.2 Å². The average Bonchev–Trinajstić information content (AvgIpc) is 2.77. The first-order chi connectivity index (χ1) is 14.5. The molecule has 0 radical (unpaired) electrons. The Hall–Kier alpha value is -2.17. The first kappa shape index (κ1) is 24.1. The molecule has 0 atom stereocenters. The molecule has 3 rings (SSSR count). The van der Waals surface area contributed by atoms with E-state index in [1.165, 1.54) is 6.20 Å². The van der Waals surface area contributed by atoms with E-state index in [-0.39, 0.29) is 23.4 Å². The molecule has 3 aromatic rings. The van der Waals surface area contributed by atoms with Gasteiger partial charge in [-0.05, 0) is 24.1 Å². The summed E-state index contributed by atoms with van der Waals surface area (Å²) in [5, 5.41) is 0. The van der Waals surface area contributed by atoms with Crippen molar-refractivity contribution >= 4 is 15.4 Å². The summed E-state index contributed by atoms with van der Waals surface area (Å²) in [6.07, 6.45) is 4.63. The third-order valence-corrected chi connectivity index (χ3v) is 4.30. The number of aryl methyl sites for hydroxylation is 1. The number of hydrogen-bond acceptors (Lipinski definition) is 3. The van der Waals surface area contributed by atoms with E-state index in [2.05, 4.69) is 20.5 Å². The van der Waals surface area contributed by atoms with E-state index in [9.17, 15) is 4.79 Å². The van der Waals surface area contributed by atoms with Gasteiger partial charge in [-0.2, -0.15) is 0 Å². The number of carbonyl (C=O) groups is 1. The van der Waals surface area contributed by atoms with Crippen molar-refractivity contribution in [3.63, 3.8) is 0 Å². The minimum absolute atomic E-state index is 0.0207. The quantitative estimate of drug-likeness (QED) is 0.171. The summed E-state index contributed by atoms with van der Waals surface area (Å²) in [5.41, 5.74) is -0.132. The van der Waals surface area contributed by atoms with Crippen molar-refractivity contribution in [2.24, 2.45) is 7.05 Å². The maximum atomic E-state index is 15.2. The Labute approximate surface area is 189 Å². The predicted octanol–water partition coefficient (Wildman–Crippen LogP) is 4.96. The van der Waals surface area contributed by atoms with Gasteiger partial charge in [0.25, 0.3) is 0 Å². The van der Waals surface area contributed by atoms with E-state index in [1.54, 1.807) is 73.0 Å². The zero-order valence-electron chi connectivity index (χ0n) is 16.4. The first-order valence-electron chi connectivity index (χ1n) is 9.14. The number of rotatable bonds is 6. The van der Waals surface area contributed by atoms with Crippen LogP contribution in [-0.4, -0.2) is 17.6 Å². The van der Waals surface area contributed by atoms with Crippen LogP contribution < -0.4 is 4.57 Å². The first-order valence-corrected chi connectivity index (χ1v) is 12.0. The zero-order valence-corrected chi connectivity index (χ0v) is 19.4. The van der Waals surface area contributed by atoms with E-state index >= 15 is 8.78 Å². The molecule has 1 aromatic carbocycles. The molecule has 4 nitrogen and oxygen atoms in total. The van der Waals surface area contributed by atoms with Crippen molar-refractivity contribution < 1.29 is 41.7 Å². The molecule has 2 aromatic heterocycles. The van der Waals surface area contributed by atoms with Gasteiger partial charge in [0.15, 0.2) is 11.9 Å². The molecule has 160 valence electrons. The zero-order chi connectivity index (χ0) is 22.1. The number of nitrogens with zero attached hydrogens (tertiary/aromatic N) is 2. The number of pyridine rings is 2. The van der Waals surface area contributed by atoms with Crippen molar-refractivity contribution in [1.29, 1.82) is 0 Å². The minimum atomic E-state index is -1.03. The molecule has 0 aliphatic carbocycles. The molecule has 0 spiro atoms. The summed E-state index contributed by atoms with van der Waals surface area (Å²) in [4.78, 5) is 16.6. The van der Waals surface area contributed by atoms with Crippen LogP contribution in [0.25, 0.3) is 22.5 Å². The van der Waals surface area contributed by atoms with Crippen LogP contribution in [-0.2, 0) is 30.6 Å². The molecule has 2 heterocycles. The van der Waals surface area contributed by atoms with E-state index in [1.807, 2.05) is 6.92 Å². The van der Waals surface area contributed by atoms with Crippen molar-refractivity contribution in [2.45, 2.75) is 19.8 Å². The fourth-order valence-corrected chi connectivity index (χ4v) is 2.79. The molecule has 0 fully saturated rings. The monoisotopic (exact) mass is 612 g/mol. The summed E-state index contributed by atoms with van der Waals surface area (Å²) in [6, 6.07) is 12.9. The van der Waals surface area contributed by atoms with Crippen LogP contribution in [0, 0.1) is 17.7 Å². The molecule has 0 unspecified atom stereocenters. The van der Waals surface area contributed by atoms with Gasteiger partial charge in [-0.15, -0.1) is 6.07 Å². The fraction of sp³-hybridized carbons (Fsp3) is 0.227. The third-order valence-electron chi connectivity index (χ3n) is 4.30. The second-order valence-electron chi connectivity index (χ2n) is 6.28. The summed E-state index contributed by atoms with van der Waals surface area (Å²) in [7, 11) is 6.34. The second kappa shape index (κ2) is 11.9. The molecule has 0 aliphatic rings. The topological polar surface area (TPSA) is 43.1 Å². The number of esters is 1. The van der Waals surface area contributed by atoms with Gasteiger partial charge < -0.3 is 4.74 Å². The Morgan fingerprint density at radius 1 is 1.17 bits per heavy atom. The second-order valence-corrected chi connectivity index (χ2v) is 6.28. The van der Waals surface area contributed by atoms with Crippen molar-refractivity contribution in [3.05, 3.63) is 72.1 Å². The van der Waals surface area contributed by atoms with Gasteiger partial charge in [-0.25, -0.2) is 9.36 Å². The van der Waals surface area contributed by atoms with Gasteiger partial charge >= 0.3 is 34.2 Å². The van der Waals surface area contributed by atoms with Crippen molar-refractivity contribution in [3.8, 4) is 22.5 Å². The molecule has 30 heavy (non-hydrogen) atoms. The Morgan fingerprint density at radius 3 is 2.50 bits per heavy atom. The van der Waals surface area contributed by atoms with E-state index in [0.29, 0.717) is 12.1 Å². The number of carbonyl (C=O) groups excluding carboxylic acids is 1. The number of hydrogen-bond donors (Lipinski definition) is 0. The number of aromatic nitrogens is 2. The molecule has 0 saturated heterocycles. The van der Waals surface area contributed by atoms with Gasteiger partial charge in [-0.1, -0.05) is 37.1 Å². The molecule has 0 aliphatic heterocycles. The van der Waals surface area contributed by atoms with Crippen LogP contribution in [0.4, 0.5) is 8.78 Å². The molecule has 0 amide bonds. The maximum absolute atomic E-state index is 15.2. The van der Waals surface area contributed by atoms with Crippen LogP contribution in [0.2, 0.25) is 0 Å². The molecular formula is C22H20ClF2N2O2Pt+. The molecule has 0 bridgehead atoms. The SMILES string of the molecule is CCCCOC(=O)c1c(F)c(-c2ccccn2)[c-]c(-c2cccc[n+]2C)c1F.[Cl][Pt+]. The predicted molar refractivity (Wildman–Crippen MR) is 106 cm³/mol. The Morgan fingerprint density at radius 2 is 1.87 bits per heavy atom. The number of ether oxygens (including phenoxy) is 1. The summed E-state index contributed by atoms with van der Waals surface area (Å²) < 4.78 is 37.2. The number of unbranched alkanes of at least 4 members (excludes halogenated alkanes) is 1. The summed E-state index contributed by atoms with van der Waals surface area (Å²) in [6.45, 7) is 2.03. The molecule has 0 N–H and O–H groups in total. The van der Waals surface area contributed by atoms with E-state index in [4.69, 9.17) is 4.74 Å². The summed E-state index contributed by atoms with van der Waals surface area (Å²) in [5.74, 6) is -3.06. The number of benzene rings is 1. The van der Waals surface area contributed by atoms with Crippen LogP contribution in [0.5, 0.6) is 0 Å². The molecule has 8 heteroatoms. The van der Waals surface area contributed by atoms with Gasteiger partial charge in [0, 0.05) is 18.0 Å². The standard InChI is InChI=1S/C22H20F2N2O2.ClH.Pt/c1-3-4-13-28-22(27)19-20(23)15(17-9-5-7-11-25-17)14-16(21(19)24)18-10-6-8-12-26(18)2;;/h5-12H,3-4,13H2,1-2H3;1H;/q;;+2/p-1. The van der Waals surface area contributed by atoms with Crippen LogP contribution >= 0.6 is 9.42 Å². The van der Waals surface area contributed by atoms with Gasteiger partial charge in [0.2, 0.25) is 0 Å². The Kier molecular flexibility index (Phi) is 9.54. The van der Waals surface area contributed by atoms with Gasteiger partial charge in [0.05, 0.1) is 23.8 Å². The fourth-order valence-electron chi connectivity index (χ4n) is 2.79. The van der Waals surface area contributed by atoms with E-state index in [0.717, 1.165) is 6.42 Å². The normalized spacial score (nSPS) is 10.2. The Balaban J connectivity index is 0.00000155. The van der Waals surface area contributed by atoms with Gasteiger partial charge in [-0.3, -0.25) is 13.8 Å². The van der Waals surface area contributed by atoms with Crippen molar-refractivity contribution in [2.75, 3.05) is 6.61 Å². The number of halogens is 3. The van der Waals surface area contributed by atoms with Crippen molar-refractivity contribution in [1.82, 2.24) is 4.98 Å². The van der Waals surface area contributed by atoms with Crippen LogP contribution in [0.15, 0.2) is 48.8 Å². The molecule has 0 saturated carbocycles. The summed E-state index contributed by atoms with van der Waals surface area (Å²) >= 11 is 1.61. The van der Waals surface area contributed by atoms with Crippen LogP contribution in [0.1, 0.15) is 30.1 Å². The average molecular weight is 613 g/mol.